The summed E-state index contributed by atoms with van der Waals surface area (Å²) in [4.78, 5) is 14.6. The van der Waals surface area contributed by atoms with Gasteiger partial charge in [-0.15, -0.1) is 0 Å². The van der Waals surface area contributed by atoms with E-state index in [2.05, 4.69) is 0 Å². The highest BCUT2D eigenvalue weighted by atomic mass is 16.5. The van der Waals surface area contributed by atoms with Gasteiger partial charge in [0.15, 0.2) is 11.5 Å². The number of hydrogen-bond donors (Lipinski definition) is 1. The fourth-order valence-corrected chi connectivity index (χ4v) is 3.14. The second-order valence-electron chi connectivity index (χ2n) is 5.66. The molecule has 0 aliphatic carbocycles. The normalized spacial score (nSPS) is 14.2. The van der Waals surface area contributed by atoms with Crippen LogP contribution in [0.3, 0.4) is 0 Å². The average Bonchev–Trinajstić information content (AvgIpc) is 2.96. The highest BCUT2D eigenvalue weighted by molar-refractivity contribution is 5.98. The zero-order valence-electron chi connectivity index (χ0n) is 13.8. The van der Waals surface area contributed by atoms with E-state index in [1.54, 1.807) is 14.2 Å². The molecule has 1 aliphatic rings. The number of carbonyl (C=O) groups excluding carboxylic acids is 1. The summed E-state index contributed by atoms with van der Waals surface area (Å²) in [5.74, 6) is 1.27. The maximum absolute atomic E-state index is 12.8. The molecule has 0 saturated carbocycles. The zero-order valence-corrected chi connectivity index (χ0v) is 13.8. The summed E-state index contributed by atoms with van der Waals surface area (Å²) in [5, 5.41) is 7.53. The number of hydrogen-bond acceptors (Lipinski definition) is 4. The van der Waals surface area contributed by atoms with Crippen LogP contribution in [0.5, 0.6) is 11.5 Å². The number of ether oxygens (including phenoxy) is 2. The number of benzene rings is 2. The van der Waals surface area contributed by atoms with Gasteiger partial charge in [-0.1, -0.05) is 24.3 Å². The Morgan fingerprint density at radius 3 is 2.58 bits per heavy atom. The first kappa shape index (κ1) is 16.1. The lowest BCUT2D eigenvalue weighted by Crippen LogP contribution is -2.29. The average molecular weight is 324 g/mol. The Bertz CT molecular complexity index is 773. The van der Waals surface area contributed by atoms with Gasteiger partial charge in [-0.3, -0.25) is 4.79 Å². The Morgan fingerprint density at radius 1 is 1.17 bits per heavy atom. The van der Waals surface area contributed by atoms with Crippen LogP contribution in [-0.2, 0) is 6.54 Å². The van der Waals surface area contributed by atoms with Gasteiger partial charge in [0, 0.05) is 18.5 Å². The Hall–Kier alpha value is -2.82. The van der Waals surface area contributed by atoms with Gasteiger partial charge in [-0.05, 0) is 35.5 Å². The van der Waals surface area contributed by atoms with Crippen LogP contribution >= 0.6 is 0 Å². The topological polar surface area (TPSA) is 62.6 Å². The van der Waals surface area contributed by atoms with Gasteiger partial charge >= 0.3 is 0 Å². The van der Waals surface area contributed by atoms with E-state index in [0.717, 1.165) is 16.7 Å². The Morgan fingerprint density at radius 2 is 1.92 bits per heavy atom. The summed E-state index contributed by atoms with van der Waals surface area (Å²) in [6.07, 6.45) is 1.80. The van der Waals surface area contributed by atoms with Crippen LogP contribution in [0.25, 0.3) is 0 Å². The molecule has 24 heavy (non-hydrogen) atoms. The number of amides is 1. The molecule has 0 saturated heterocycles. The molecule has 1 amide bonds. The standard InChI is InChI=1S/C19H20N2O3/c1-23-17-8-7-13(11-18(17)24-2)16(9-10-20)21-12-14-5-3-4-6-15(14)19(21)22/h3-8,10-11,16,20H,9,12H2,1-2H3. The number of nitrogens with zero attached hydrogens (tertiary/aromatic N) is 1. The third-order valence-corrected chi connectivity index (χ3v) is 4.36. The molecule has 1 unspecified atom stereocenters. The predicted molar refractivity (Wildman–Crippen MR) is 92.0 cm³/mol. The van der Waals surface area contributed by atoms with Gasteiger partial charge in [0.05, 0.1) is 20.3 Å². The third kappa shape index (κ3) is 2.73. The summed E-state index contributed by atoms with van der Waals surface area (Å²) in [5.41, 5.74) is 2.70. The Balaban J connectivity index is 1.97. The van der Waals surface area contributed by atoms with Crippen LogP contribution in [-0.4, -0.2) is 31.2 Å². The number of carbonyl (C=O) groups is 1. The fourth-order valence-electron chi connectivity index (χ4n) is 3.14. The van der Waals surface area contributed by atoms with Crippen LogP contribution in [0.4, 0.5) is 0 Å². The van der Waals surface area contributed by atoms with Gasteiger partial charge in [0.25, 0.3) is 5.91 Å². The molecule has 1 heterocycles. The first-order valence-corrected chi connectivity index (χ1v) is 7.79. The van der Waals surface area contributed by atoms with E-state index >= 15 is 0 Å². The lowest BCUT2D eigenvalue weighted by atomic mass is 10.0. The number of nitrogens with one attached hydrogen (secondary N) is 1. The highest BCUT2D eigenvalue weighted by Crippen LogP contribution is 2.36. The van der Waals surface area contributed by atoms with Crippen molar-refractivity contribution < 1.29 is 14.3 Å². The molecule has 2 aromatic rings. The fraction of sp³-hybridized carbons (Fsp3) is 0.263. The Labute approximate surface area is 141 Å². The maximum atomic E-state index is 12.8. The molecule has 5 nitrogen and oxygen atoms in total. The molecule has 1 atom stereocenters. The first-order chi connectivity index (χ1) is 11.7. The molecule has 0 spiro atoms. The SMILES string of the molecule is COc1ccc(C(CC=N)N2Cc3ccccc3C2=O)cc1OC. The molecule has 1 aliphatic heterocycles. The summed E-state index contributed by atoms with van der Waals surface area (Å²) < 4.78 is 10.6. The van der Waals surface area contributed by atoms with Crippen LogP contribution < -0.4 is 9.47 Å². The molecule has 124 valence electrons. The maximum Gasteiger partial charge on any atom is 0.255 e. The zero-order chi connectivity index (χ0) is 17.1. The van der Waals surface area contributed by atoms with Gasteiger partial charge in [-0.25, -0.2) is 0 Å². The molecular formula is C19H20N2O3. The predicted octanol–water partition coefficient (Wildman–Crippen LogP) is 3.44. The minimum atomic E-state index is -0.206. The molecule has 5 heteroatoms. The minimum Gasteiger partial charge on any atom is -0.493 e. The second-order valence-corrected chi connectivity index (χ2v) is 5.66. The van der Waals surface area contributed by atoms with E-state index in [0.29, 0.717) is 24.5 Å². The van der Waals surface area contributed by atoms with E-state index in [-0.39, 0.29) is 11.9 Å². The highest BCUT2D eigenvalue weighted by Gasteiger charge is 2.33. The Kier molecular flexibility index (Phi) is 4.51. The van der Waals surface area contributed by atoms with Crippen molar-refractivity contribution in [2.45, 2.75) is 19.0 Å². The van der Waals surface area contributed by atoms with Crippen molar-refractivity contribution in [3.63, 3.8) is 0 Å². The molecule has 3 rings (SSSR count). The van der Waals surface area contributed by atoms with Crippen molar-refractivity contribution in [1.82, 2.24) is 4.90 Å². The molecule has 2 aromatic carbocycles. The van der Waals surface area contributed by atoms with Crippen LogP contribution in [0.1, 0.15) is 33.9 Å². The molecular weight excluding hydrogens is 304 g/mol. The van der Waals surface area contributed by atoms with Crippen molar-refractivity contribution in [2.75, 3.05) is 14.2 Å². The van der Waals surface area contributed by atoms with Gasteiger partial charge in [0.1, 0.15) is 0 Å². The number of rotatable bonds is 6. The van der Waals surface area contributed by atoms with Crippen molar-refractivity contribution in [3.8, 4) is 11.5 Å². The monoisotopic (exact) mass is 324 g/mol. The summed E-state index contributed by atoms with van der Waals surface area (Å²) in [7, 11) is 3.18. The van der Waals surface area contributed by atoms with E-state index in [1.165, 1.54) is 6.21 Å². The summed E-state index contributed by atoms with van der Waals surface area (Å²) in [6.45, 7) is 0.557. The molecule has 0 fully saturated rings. The molecule has 0 radical (unpaired) electrons. The van der Waals surface area contributed by atoms with Crippen LogP contribution in [0.2, 0.25) is 0 Å². The van der Waals surface area contributed by atoms with Crippen LogP contribution in [0, 0.1) is 5.41 Å². The van der Waals surface area contributed by atoms with Gasteiger partial charge < -0.3 is 19.8 Å². The minimum absolute atomic E-state index is 0.00670. The van der Waals surface area contributed by atoms with Crippen molar-refractivity contribution in [2.24, 2.45) is 0 Å². The smallest absolute Gasteiger partial charge is 0.255 e. The van der Waals surface area contributed by atoms with Gasteiger partial charge in [-0.2, -0.15) is 0 Å². The number of methoxy groups -OCH3 is 2. The van der Waals surface area contributed by atoms with E-state index < -0.39 is 0 Å². The molecule has 0 bridgehead atoms. The molecule has 0 aromatic heterocycles. The quantitative estimate of drug-likeness (QED) is 0.828. The van der Waals surface area contributed by atoms with Crippen LogP contribution in [0.15, 0.2) is 42.5 Å². The van der Waals surface area contributed by atoms with Crippen molar-refractivity contribution >= 4 is 12.1 Å². The lowest BCUT2D eigenvalue weighted by Gasteiger charge is -2.27. The summed E-state index contributed by atoms with van der Waals surface area (Å²) >= 11 is 0. The van der Waals surface area contributed by atoms with Crippen molar-refractivity contribution in [3.05, 3.63) is 59.2 Å². The number of fused-ring (bicyclic) bond motifs is 1. The van der Waals surface area contributed by atoms with E-state index in [1.807, 2.05) is 47.4 Å². The molecule has 1 N–H and O–H groups in total. The third-order valence-electron chi connectivity index (χ3n) is 4.36. The lowest BCUT2D eigenvalue weighted by molar-refractivity contribution is 0.0706. The first-order valence-electron chi connectivity index (χ1n) is 7.79. The van der Waals surface area contributed by atoms with Gasteiger partial charge in [0.2, 0.25) is 0 Å². The summed E-state index contributed by atoms with van der Waals surface area (Å²) in [6, 6.07) is 13.1. The van der Waals surface area contributed by atoms with E-state index in [4.69, 9.17) is 14.9 Å². The van der Waals surface area contributed by atoms with E-state index in [9.17, 15) is 4.79 Å². The van der Waals surface area contributed by atoms with Crippen molar-refractivity contribution in [1.29, 1.82) is 5.41 Å². The largest absolute Gasteiger partial charge is 0.493 e. The second kappa shape index (κ2) is 6.74.